The Kier molecular flexibility index (Phi) is 5.24. The molecule has 2 N–H and O–H groups in total. The Morgan fingerprint density at radius 3 is 2.75 bits per heavy atom. The minimum absolute atomic E-state index is 0.0243. The summed E-state index contributed by atoms with van der Waals surface area (Å²) in [4.78, 5) is 11.6. The van der Waals surface area contributed by atoms with Crippen molar-refractivity contribution in [3.8, 4) is 11.5 Å². The molecule has 0 bridgehead atoms. The van der Waals surface area contributed by atoms with Crippen molar-refractivity contribution in [2.75, 3.05) is 26.3 Å². The number of carbonyl (C=O) groups excluding carboxylic acids is 1. The van der Waals surface area contributed by atoms with Crippen molar-refractivity contribution in [2.24, 2.45) is 0 Å². The van der Waals surface area contributed by atoms with E-state index in [0.29, 0.717) is 32.3 Å². The lowest BCUT2D eigenvalue weighted by Gasteiger charge is -2.18. The van der Waals surface area contributed by atoms with Crippen molar-refractivity contribution in [2.45, 2.75) is 26.3 Å². The highest BCUT2D eigenvalue weighted by atomic mass is 16.6. The molecule has 1 aliphatic rings. The molecule has 0 spiro atoms. The fourth-order valence-corrected chi connectivity index (χ4v) is 1.95. The average molecular weight is 278 g/mol. The number of ether oxygens (including phenoxy) is 2. The number of benzene rings is 1. The van der Waals surface area contributed by atoms with Crippen LogP contribution >= 0.6 is 0 Å². The van der Waals surface area contributed by atoms with Crippen molar-refractivity contribution in [1.29, 1.82) is 0 Å². The monoisotopic (exact) mass is 278 g/mol. The zero-order valence-corrected chi connectivity index (χ0v) is 12.1. The Morgan fingerprint density at radius 2 is 2.00 bits per heavy atom. The molecule has 1 heterocycles. The second-order valence-electron chi connectivity index (χ2n) is 5.11. The van der Waals surface area contributed by atoms with Crippen molar-refractivity contribution >= 4 is 5.91 Å². The van der Waals surface area contributed by atoms with Crippen LogP contribution in [-0.4, -0.2) is 38.3 Å². The molecule has 1 aromatic carbocycles. The van der Waals surface area contributed by atoms with Crippen molar-refractivity contribution in [1.82, 2.24) is 10.6 Å². The maximum absolute atomic E-state index is 11.6. The van der Waals surface area contributed by atoms with Crippen LogP contribution in [0, 0.1) is 0 Å². The van der Waals surface area contributed by atoms with E-state index in [0.717, 1.165) is 23.5 Å². The van der Waals surface area contributed by atoms with Crippen LogP contribution in [0.4, 0.5) is 0 Å². The van der Waals surface area contributed by atoms with E-state index in [1.54, 1.807) is 0 Å². The quantitative estimate of drug-likeness (QED) is 0.818. The largest absolute Gasteiger partial charge is 0.486 e. The molecule has 1 aromatic rings. The molecule has 5 heteroatoms. The van der Waals surface area contributed by atoms with Crippen LogP contribution < -0.4 is 20.1 Å². The molecule has 2 rings (SSSR count). The van der Waals surface area contributed by atoms with E-state index >= 15 is 0 Å². The Morgan fingerprint density at radius 1 is 1.25 bits per heavy atom. The maximum atomic E-state index is 11.6. The molecular formula is C15H22N2O3. The molecule has 5 nitrogen and oxygen atoms in total. The van der Waals surface area contributed by atoms with Crippen LogP contribution in [0.5, 0.6) is 11.5 Å². The van der Waals surface area contributed by atoms with E-state index in [9.17, 15) is 4.79 Å². The van der Waals surface area contributed by atoms with Gasteiger partial charge in [0.2, 0.25) is 5.91 Å². The van der Waals surface area contributed by atoms with E-state index in [2.05, 4.69) is 10.6 Å². The predicted octanol–water partition coefficient (Wildman–Crippen LogP) is 1.11. The Bertz CT molecular complexity index is 460. The SMILES string of the molecule is CC(C)NCC(=O)NCCc1ccc2c(c1)OCCO2. The molecule has 0 aromatic heterocycles. The second kappa shape index (κ2) is 7.14. The van der Waals surface area contributed by atoms with Gasteiger partial charge in [-0.25, -0.2) is 0 Å². The number of rotatable bonds is 6. The zero-order chi connectivity index (χ0) is 14.4. The Hall–Kier alpha value is -1.75. The summed E-state index contributed by atoms with van der Waals surface area (Å²) in [7, 11) is 0. The predicted molar refractivity (Wildman–Crippen MR) is 77.3 cm³/mol. The van der Waals surface area contributed by atoms with Crippen LogP contribution in [-0.2, 0) is 11.2 Å². The van der Waals surface area contributed by atoms with Gasteiger partial charge in [0.15, 0.2) is 11.5 Å². The molecule has 1 amide bonds. The van der Waals surface area contributed by atoms with Crippen LogP contribution in [0.3, 0.4) is 0 Å². The summed E-state index contributed by atoms with van der Waals surface area (Å²) in [6.07, 6.45) is 0.782. The average Bonchev–Trinajstić information content (AvgIpc) is 2.45. The lowest BCUT2D eigenvalue weighted by Crippen LogP contribution is -2.37. The first-order chi connectivity index (χ1) is 9.65. The Balaban J connectivity index is 1.75. The summed E-state index contributed by atoms with van der Waals surface area (Å²) in [5.74, 6) is 1.61. The molecule has 0 aliphatic carbocycles. The zero-order valence-electron chi connectivity index (χ0n) is 12.1. The van der Waals surface area contributed by atoms with Crippen LogP contribution in [0.2, 0.25) is 0 Å². The van der Waals surface area contributed by atoms with Gasteiger partial charge >= 0.3 is 0 Å². The lowest BCUT2D eigenvalue weighted by atomic mass is 10.1. The van der Waals surface area contributed by atoms with Gasteiger partial charge in [0.25, 0.3) is 0 Å². The molecule has 20 heavy (non-hydrogen) atoms. The first-order valence-electron chi connectivity index (χ1n) is 7.04. The number of hydrogen-bond donors (Lipinski definition) is 2. The van der Waals surface area contributed by atoms with Gasteiger partial charge in [-0.3, -0.25) is 4.79 Å². The molecular weight excluding hydrogens is 256 g/mol. The summed E-state index contributed by atoms with van der Waals surface area (Å²) in [6.45, 7) is 6.21. The maximum Gasteiger partial charge on any atom is 0.233 e. The summed E-state index contributed by atoms with van der Waals surface area (Å²) in [5.41, 5.74) is 1.13. The highest BCUT2D eigenvalue weighted by Crippen LogP contribution is 2.30. The third-order valence-electron chi connectivity index (χ3n) is 3.01. The summed E-state index contributed by atoms with van der Waals surface area (Å²) in [5, 5.41) is 5.98. The van der Waals surface area contributed by atoms with Crippen molar-refractivity contribution in [3.05, 3.63) is 23.8 Å². The Labute approximate surface area is 119 Å². The molecule has 0 radical (unpaired) electrons. The van der Waals surface area contributed by atoms with E-state index < -0.39 is 0 Å². The molecule has 110 valence electrons. The molecule has 0 saturated heterocycles. The van der Waals surface area contributed by atoms with Gasteiger partial charge in [-0.05, 0) is 24.1 Å². The minimum atomic E-state index is 0.0243. The third kappa shape index (κ3) is 4.42. The normalized spacial score (nSPS) is 13.3. The minimum Gasteiger partial charge on any atom is -0.486 e. The smallest absolute Gasteiger partial charge is 0.233 e. The first kappa shape index (κ1) is 14.7. The first-order valence-corrected chi connectivity index (χ1v) is 7.04. The van der Waals surface area contributed by atoms with Crippen LogP contribution in [0.1, 0.15) is 19.4 Å². The molecule has 1 aliphatic heterocycles. The van der Waals surface area contributed by atoms with E-state index in [1.165, 1.54) is 0 Å². The number of fused-ring (bicyclic) bond motifs is 1. The molecule has 0 unspecified atom stereocenters. The van der Waals surface area contributed by atoms with E-state index in [1.807, 2.05) is 32.0 Å². The number of carbonyl (C=O) groups is 1. The van der Waals surface area contributed by atoms with Gasteiger partial charge in [-0.15, -0.1) is 0 Å². The summed E-state index contributed by atoms with van der Waals surface area (Å²) in [6, 6.07) is 6.23. The van der Waals surface area contributed by atoms with E-state index in [-0.39, 0.29) is 5.91 Å². The second-order valence-corrected chi connectivity index (χ2v) is 5.11. The van der Waals surface area contributed by atoms with Gasteiger partial charge in [0.05, 0.1) is 6.54 Å². The number of nitrogens with one attached hydrogen (secondary N) is 2. The van der Waals surface area contributed by atoms with Crippen LogP contribution in [0.25, 0.3) is 0 Å². The summed E-state index contributed by atoms with van der Waals surface area (Å²) < 4.78 is 11.0. The van der Waals surface area contributed by atoms with Crippen molar-refractivity contribution in [3.63, 3.8) is 0 Å². The van der Waals surface area contributed by atoms with Gasteiger partial charge in [-0.2, -0.15) is 0 Å². The van der Waals surface area contributed by atoms with Gasteiger partial charge in [0.1, 0.15) is 13.2 Å². The van der Waals surface area contributed by atoms with Gasteiger partial charge in [0, 0.05) is 12.6 Å². The third-order valence-corrected chi connectivity index (χ3v) is 3.01. The van der Waals surface area contributed by atoms with Gasteiger partial charge < -0.3 is 20.1 Å². The lowest BCUT2D eigenvalue weighted by molar-refractivity contribution is -0.120. The van der Waals surface area contributed by atoms with Gasteiger partial charge in [-0.1, -0.05) is 19.9 Å². The van der Waals surface area contributed by atoms with Crippen LogP contribution in [0.15, 0.2) is 18.2 Å². The highest BCUT2D eigenvalue weighted by molar-refractivity contribution is 5.78. The molecule has 0 saturated carbocycles. The van der Waals surface area contributed by atoms with Crippen molar-refractivity contribution < 1.29 is 14.3 Å². The molecule has 0 fully saturated rings. The topological polar surface area (TPSA) is 59.6 Å². The number of hydrogen-bond acceptors (Lipinski definition) is 4. The van der Waals surface area contributed by atoms with E-state index in [4.69, 9.17) is 9.47 Å². The molecule has 0 atom stereocenters. The summed E-state index contributed by atoms with van der Waals surface area (Å²) >= 11 is 0. The fourth-order valence-electron chi connectivity index (χ4n) is 1.95. The standard InChI is InChI=1S/C15H22N2O3/c1-11(2)17-10-15(18)16-6-5-12-3-4-13-14(9-12)20-8-7-19-13/h3-4,9,11,17H,5-8,10H2,1-2H3,(H,16,18). The highest BCUT2D eigenvalue weighted by Gasteiger charge is 2.11. The number of amides is 1. The fraction of sp³-hybridized carbons (Fsp3) is 0.533.